The first-order valence-corrected chi connectivity index (χ1v) is 4.53. The second-order valence-electron chi connectivity index (χ2n) is 3.09. The summed E-state index contributed by atoms with van der Waals surface area (Å²) in [5.74, 6) is -0.378. The fourth-order valence-corrected chi connectivity index (χ4v) is 1.16. The van der Waals surface area contributed by atoms with Crippen molar-refractivity contribution >= 4 is 11.9 Å². The van der Waals surface area contributed by atoms with E-state index in [2.05, 4.69) is 15.3 Å². The molecule has 1 aromatic carbocycles. The number of phenols is 1. The Bertz CT molecular complexity index is 564. The first kappa shape index (κ1) is 10.7. The molecule has 2 rings (SSSR count). The van der Waals surface area contributed by atoms with Crippen molar-refractivity contribution in [3.05, 3.63) is 46.5 Å². The standard InChI is InChI=1S/C9H7N5O3/c15-9-2-1-7(3-8(9)14(16)17)4-12-13-5-10-11-6-13/h1-6,15H/b12-4-. The molecule has 17 heavy (non-hydrogen) atoms. The van der Waals surface area contributed by atoms with Gasteiger partial charge in [-0.05, 0) is 12.1 Å². The summed E-state index contributed by atoms with van der Waals surface area (Å²) in [7, 11) is 0. The molecule has 0 atom stereocenters. The van der Waals surface area contributed by atoms with Crippen LogP contribution in [0.3, 0.4) is 0 Å². The predicted octanol–water partition coefficient (Wildman–Crippen LogP) is 0.774. The van der Waals surface area contributed by atoms with Crippen molar-refractivity contribution in [2.75, 3.05) is 0 Å². The molecule has 0 aliphatic carbocycles. The van der Waals surface area contributed by atoms with Crippen LogP contribution in [0, 0.1) is 10.1 Å². The number of nitro benzene ring substituents is 1. The minimum atomic E-state index is -0.661. The Morgan fingerprint density at radius 1 is 1.41 bits per heavy atom. The molecule has 1 N–H and O–H groups in total. The van der Waals surface area contributed by atoms with Crippen molar-refractivity contribution in [3.8, 4) is 5.75 Å². The first-order chi connectivity index (χ1) is 8.16. The Kier molecular flexibility index (Phi) is 2.77. The minimum Gasteiger partial charge on any atom is -0.502 e. The number of nitro groups is 1. The summed E-state index contributed by atoms with van der Waals surface area (Å²) in [6, 6.07) is 3.98. The van der Waals surface area contributed by atoms with Crippen LogP contribution >= 0.6 is 0 Å². The van der Waals surface area contributed by atoms with Crippen LogP contribution in [0.2, 0.25) is 0 Å². The predicted molar refractivity (Wildman–Crippen MR) is 57.8 cm³/mol. The van der Waals surface area contributed by atoms with Gasteiger partial charge in [-0.1, -0.05) is 0 Å². The van der Waals surface area contributed by atoms with Gasteiger partial charge in [0.1, 0.15) is 12.7 Å². The van der Waals surface area contributed by atoms with E-state index in [1.807, 2.05) is 0 Å². The monoisotopic (exact) mass is 233 g/mol. The van der Waals surface area contributed by atoms with Gasteiger partial charge in [-0.15, -0.1) is 10.2 Å². The third-order valence-electron chi connectivity index (χ3n) is 1.94. The highest BCUT2D eigenvalue weighted by Crippen LogP contribution is 2.25. The molecule has 0 saturated carbocycles. The summed E-state index contributed by atoms with van der Waals surface area (Å²) in [6.07, 6.45) is 4.16. The van der Waals surface area contributed by atoms with E-state index in [0.29, 0.717) is 5.56 Å². The fourth-order valence-electron chi connectivity index (χ4n) is 1.16. The van der Waals surface area contributed by atoms with Crippen molar-refractivity contribution in [3.63, 3.8) is 0 Å². The minimum absolute atomic E-state index is 0.363. The number of benzene rings is 1. The van der Waals surface area contributed by atoms with Gasteiger partial charge < -0.3 is 5.11 Å². The van der Waals surface area contributed by atoms with E-state index in [9.17, 15) is 15.2 Å². The Balaban J connectivity index is 2.28. The van der Waals surface area contributed by atoms with E-state index in [1.165, 1.54) is 41.7 Å². The quantitative estimate of drug-likeness (QED) is 0.478. The largest absolute Gasteiger partial charge is 0.502 e. The summed E-state index contributed by atoms with van der Waals surface area (Å²) in [5.41, 5.74) is 0.126. The van der Waals surface area contributed by atoms with Gasteiger partial charge in [0.15, 0.2) is 5.75 Å². The zero-order valence-electron chi connectivity index (χ0n) is 8.46. The third-order valence-corrected chi connectivity index (χ3v) is 1.94. The maximum absolute atomic E-state index is 10.6. The van der Waals surface area contributed by atoms with Crippen LogP contribution in [0.15, 0.2) is 36.0 Å². The molecule has 0 unspecified atom stereocenters. The summed E-state index contributed by atoms with van der Waals surface area (Å²) in [4.78, 5) is 9.92. The molecule has 0 bridgehead atoms. The molecule has 0 radical (unpaired) electrons. The highest BCUT2D eigenvalue weighted by Gasteiger charge is 2.12. The third kappa shape index (κ3) is 2.43. The van der Waals surface area contributed by atoms with Crippen molar-refractivity contribution in [2.45, 2.75) is 0 Å². The van der Waals surface area contributed by atoms with Crippen LogP contribution in [0.5, 0.6) is 5.75 Å². The van der Waals surface area contributed by atoms with Crippen molar-refractivity contribution < 1.29 is 10.0 Å². The number of hydrogen-bond donors (Lipinski definition) is 1. The highest BCUT2D eigenvalue weighted by molar-refractivity contribution is 5.81. The average molecular weight is 233 g/mol. The van der Waals surface area contributed by atoms with Crippen molar-refractivity contribution in [1.82, 2.24) is 14.9 Å². The molecule has 8 nitrogen and oxygen atoms in total. The van der Waals surface area contributed by atoms with Crippen molar-refractivity contribution in [1.29, 1.82) is 0 Å². The lowest BCUT2D eigenvalue weighted by atomic mass is 10.2. The highest BCUT2D eigenvalue weighted by atomic mass is 16.6. The SMILES string of the molecule is O=[N+]([O-])c1cc(/C=N\n2cnnc2)ccc1O. The van der Waals surface area contributed by atoms with Gasteiger partial charge in [0.05, 0.1) is 11.1 Å². The van der Waals surface area contributed by atoms with Gasteiger partial charge in [-0.25, -0.2) is 4.68 Å². The molecule has 0 fully saturated rings. The topological polar surface area (TPSA) is 106 Å². The molecule has 0 aliphatic heterocycles. The van der Waals surface area contributed by atoms with Crippen LogP contribution in [-0.4, -0.2) is 31.1 Å². The number of aromatic nitrogens is 3. The second kappa shape index (κ2) is 4.39. The van der Waals surface area contributed by atoms with Crippen molar-refractivity contribution in [2.24, 2.45) is 5.10 Å². The van der Waals surface area contributed by atoms with E-state index in [-0.39, 0.29) is 11.4 Å². The first-order valence-electron chi connectivity index (χ1n) is 4.53. The smallest absolute Gasteiger partial charge is 0.311 e. The molecule has 0 aliphatic rings. The lowest BCUT2D eigenvalue weighted by Gasteiger charge is -1.97. The normalized spacial score (nSPS) is 10.8. The summed E-state index contributed by atoms with van der Waals surface area (Å²) >= 11 is 0. The molecule has 0 spiro atoms. The average Bonchev–Trinajstić information content (AvgIpc) is 2.80. The lowest BCUT2D eigenvalue weighted by molar-refractivity contribution is -0.385. The van der Waals surface area contributed by atoms with Crippen LogP contribution in [0.1, 0.15) is 5.56 Å². The molecule has 0 saturated heterocycles. The van der Waals surface area contributed by atoms with E-state index < -0.39 is 4.92 Å². The van der Waals surface area contributed by atoms with Gasteiger partial charge in [0, 0.05) is 11.6 Å². The number of nitrogens with zero attached hydrogens (tertiary/aromatic N) is 5. The fraction of sp³-hybridized carbons (Fsp3) is 0. The molecule has 0 amide bonds. The maximum Gasteiger partial charge on any atom is 0.311 e. The summed E-state index contributed by atoms with van der Waals surface area (Å²) in [6.45, 7) is 0. The van der Waals surface area contributed by atoms with E-state index in [0.717, 1.165) is 0 Å². The molecular weight excluding hydrogens is 226 g/mol. The van der Waals surface area contributed by atoms with Crippen LogP contribution in [-0.2, 0) is 0 Å². The second-order valence-corrected chi connectivity index (χ2v) is 3.09. The van der Waals surface area contributed by atoms with E-state index >= 15 is 0 Å². The summed E-state index contributed by atoms with van der Waals surface area (Å²) in [5, 5.41) is 30.8. The van der Waals surface area contributed by atoms with Gasteiger partial charge in [0.2, 0.25) is 0 Å². The zero-order valence-corrected chi connectivity index (χ0v) is 8.46. The van der Waals surface area contributed by atoms with E-state index in [1.54, 1.807) is 0 Å². The number of aromatic hydroxyl groups is 1. The Morgan fingerprint density at radius 3 is 2.76 bits per heavy atom. The van der Waals surface area contributed by atoms with Gasteiger partial charge in [0.25, 0.3) is 0 Å². The molecule has 8 heteroatoms. The zero-order chi connectivity index (χ0) is 12.3. The van der Waals surface area contributed by atoms with Crippen LogP contribution in [0.25, 0.3) is 0 Å². The molecular formula is C9H7N5O3. The Morgan fingerprint density at radius 2 is 2.12 bits per heavy atom. The number of hydrogen-bond acceptors (Lipinski definition) is 6. The number of rotatable bonds is 3. The molecule has 1 heterocycles. The van der Waals surface area contributed by atoms with E-state index in [4.69, 9.17) is 0 Å². The molecule has 86 valence electrons. The summed E-state index contributed by atoms with van der Waals surface area (Å²) < 4.78 is 1.35. The Labute approximate surface area is 95.0 Å². The van der Waals surface area contributed by atoms with Crippen LogP contribution in [0.4, 0.5) is 5.69 Å². The molecule has 1 aromatic heterocycles. The lowest BCUT2D eigenvalue weighted by Crippen LogP contribution is -1.92. The van der Waals surface area contributed by atoms with Gasteiger partial charge in [-0.2, -0.15) is 5.10 Å². The van der Waals surface area contributed by atoms with Gasteiger partial charge >= 0.3 is 5.69 Å². The maximum atomic E-state index is 10.6. The molecule has 2 aromatic rings. The number of phenolic OH excluding ortho intramolecular Hbond substituents is 1. The van der Waals surface area contributed by atoms with Gasteiger partial charge in [-0.3, -0.25) is 10.1 Å². The van der Waals surface area contributed by atoms with Crippen LogP contribution < -0.4 is 0 Å². The Hall–Kier alpha value is -2.77.